The second-order valence-corrected chi connectivity index (χ2v) is 3.14. The number of alkyl halides is 3. The first kappa shape index (κ1) is 18.7. The van der Waals surface area contributed by atoms with Gasteiger partial charge in [-0.05, 0) is 5.56 Å². The van der Waals surface area contributed by atoms with Crippen LogP contribution >= 0.6 is 0 Å². The zero-order valence-corrected chi connectivity index (χ0v) is 10.4. The van der Waals surface area contributed by atoms with E-state index in [-0.39, 0.29) is 6.92 Å². The van der Waals surface area contributed by atoms with E-state index in [4.69, 9.17) is 14.9 Å². The molecule has 0 saturated heterocycles. The third-order valence-electron chi connectivity index (χ3n) is 1.15. The maximum Gasteiger partial charge on any atom is 0.386 e. The van der Waals surface area contributed by atoms with Gasteiger partial charge < -0.3 is 4.74 Å². The van der Waals surface area contributed by atoms with Gasteiger partial charge in [0.1, 0.15) is 0 Å². The van der Waals surface area contributed by atoms with Crippen molar-refractivity contribution < 1.29 is 22.8 Å². The van der Waals surface area contributed by atoms with Crippen LogP contribution in [0, 0.1) is 10.1 Å². The van der Waals surface area contributed by atoms with E-state index >= 15 is 0 Å². The fourth-order valence-electron chi connectivity index (χ4n) is 0.741. The largest absolute Gasteiger partial charge is 0.386 e. The highest BCUT2D eigenvalue weighted by atomic mass is 19.4. The third-order valence-corrected chi connectivity index (χ3v) is 1.15. The van der Waals surface area contributed by atoms with Gasteiger partial charge in [-0.25, -0.2) is 0 Å². The van der Waals surface area contributed by atoms with Crippen LogP contribution in [0.25, 0.3) is 0 Å². The van der Waals surface area contributed by atoms with Crippen LogP contribution in [0.4, 0.5) is 13.2 Å². The molecule has 0 fully saturated rings. The summed E-state index contributed by atoms with van der Waals surface area (Å²) in [7, 11) is 2.59. The second kappa shape index (κ2) is 10.5. The molecule has 4 nitrogen and oxygen atoms in total. The Bertz CT molecular complexity index is 305. The van der Waals surface area contributed by atoms with Crippen molar-refractivity contribution in [3.05, 3.63) is 46.0 Å². The zero-order chi connectivity index (χ0) is 14.6. The van der Waals surface area contributed by atoms with Crippen LogP contribution in [0.15, 0.2) is 30.3 Å². The Morgan fingerprint density at radius 2 is 1.61 bits per heavy atom. The summed E-state index contributed by atoms with van der Waals surface area (Å²) in [6.07, 6.45) is -4.00. The highest BCUT2D eigenvalue weighted by Crippen LogP contribution is 2.10. The molecule has 1 aromatic rings. The molecule has 0 amide bonds. The number of nitro groups is 1. The summed E-state index contributed by atoms with van der Waals surface area (Å²) < 4.78 is 36.0. The van der Waals surface area contributed by atoms with Gasteiger partial charge in [0.05, 0.1) is 6.61 Å². The quantitative estimate of drug-likeness (QED) is 0.610. The molecule has 0 spiro atoms. The Balaban J connectivity index is 0. The number of methoxy groups -OCH3 is 1. The molecule has 104 valence electrons. The highest BCUT2D eigenvalue weighted by Gasteiger charge is 2.15. The third kappa shape index (κ3) is 29.3. The molecule has 0 saturated carbocycles. The summed E-state index contributed by atoms with van der Waals surface area (Å²) in [5.41, 5.74) is 1.22. The van der Waals surface area contributed by atoms with Crippen LogP contribution in [-0.2, 0) is 11.3 Å². The van der Waals surface area contributed by atoms with Crippen LogP contribution < -0.4 is 0 Å². The van der Waals surface area contributed by atoms with Crippen molar-refractivity contribution in [2.45, 2.75) is 19.7 Å². The van der Waals surface area contributed by atoms with Crippen molar-refractivity contribution in [2.24, 2.45) is 0 Å². The lowest BCUT2D eigenvalue weighted by Crippen LogP contribution is -1.95. The zero-order valence-electron chi connectivity index (χ0n) is 10.4. The number of ether oxygens (including phenoxy) is 1. The number of nitrogens with zero attached hydrogens (tertiary/aromatic N) is 1. The summed E-state index contributed by atoms with van der Waals surface area (Å²) in [6.45, 7) is 0.897. The van der Waals surface area contributed by atoms with E-state index in [1.54, 1.807) is 7.11 Å². The highest BCUT2D eigenvalue weighted by molar-refractivity contribution is 5.13. The predicted molar refractivity (Wildman–Crippen MR) is 61.8 cm³/mol. The number of benzene rings is 1. The van der Waals surface area contributed by atoms with Gasteiger partial charge in [0.2, 0.25) is 0 Å². The Morgan fingerprint density at radius 3 is 1.89 bits per heavy atom. The van der Waals surface area contributed by atoms with Crippen molar-refractivity contribution in [1.82, 2.24) is 0 Å². The first-order chi connectivity index (χ1) is 8.16. The molecule has 0 atom stereocenters. The van der Waals surface area contributed by atoms with Gasteiger partial charge >= 0.3 is 6.18 Å². The molecule has 0 aliphatic carbocycles. The van der Waals surface area contributed by atoms with E-state index in [1.807, 2.05) is 30.3 Å². The minimum absolute atomic E-state index is 0.188. The van der Waals surface area contributed by atoms with Gasteiger partial charge in [-0.3, -0.25) is 10.1 Å². The summed E-state index contributed by atoms with van der Waals surface area (Å²) in [6, 6.07) is 10.1. The Hall–Kier alpha value is -1.63. The molecule has 0 heterocycles. The van der Waals surface area contributed by atoms with E-state index in [9.17, 15) is 13.2 Å². The molecule has 0 N–H and O–H groups in total. The van der Waals surface area contributed by atoms with E-state index < -0.39 is 11.1 Å². The molecule has 0 aliphatic rings. The van der Waals surface area contributed by atoms with Gasteiger partial charge in [-0.15, -0.1) is 0 Å². The Kier molecular flexibility index (Phi) is 10.9. The second-order valence-electron chi connectivity index (χ2n) is 3.14. The Labute approximate surface area is 104 Å². The smallest absolute Gasteiger partial charge is 0.380 e. The molecule has 18 heavy (non-hydrogen) atoms. The van der Waals surface area contributed by atoms with Gasteiger partial charge in [-0.2, -0.15) is 13.2 Å². The van der Waals surface area contributed by atoms with Crippen LogP contribution in [0.5, 0.6) is 0 Å². The topological polar surface area (TPSA) is 52.4 Å². The number of halogens is 3. The first-order valence-electron chi connectivity index (χ1n) is 4.84. The lowest BCUT2D eigenvalue weighted by Gasteiger charge is -1.95. The van der Waals surface area contributed by atoms with E-state index in [1.165, 1.54) is 5.56 Å². The fourth-order valence-corrected chi connectivity index (χ4v) is 0.741. The van der Waals surface area contributed by atoms with Crippen LogP contribution in [0.2, 0.25) is 0 Å². The van der Waals surface area contributed by atoms with Crippen LogP contribution in [0.3, 0.4) is 0 Å². The van der Waals surface area contributed by atoms with E-state index in [2.05, 4.69) is 0 Å². The average molecular weight is 267 g/mol. The molecule has 0 bridgehead atoms. The summed E-state index contributed by atoms with van der Waals surface area (Å²) in [5.74, 6) is 0. The molecule has 1 rings (SSSR count). The van der Waals surface area contributed by atoms with Crippen molar-refractivity contribution in [3.8, 4) is 0 Å². The maximum absolute atomic E-state index is 10.4. The van der Waals surface area contributed by atoms with Crippen molar-refractivity contribution >= 4 is 0 Å². The minimum Gasteiger partial charge on any atom is -0.380 e. The molecule has 0 unspecified atom stereocenters. The summed E-state index contributed by atoms with van der Waals surface area (Å²) in [4.78, 5) is 8.31. The van der Waals surface area contributed by atoms with Gasteiger partial charge in [0, 0.05) is 19.0 Å². The van der Waals surface area contributed by atoms with Crippen molar-refractivity contribution in [2.75, 3.05) is 14.2 Å². The van der Waals surface area contributed by atoms with Crippen molar-refractivity contribution in [1.29, 1.82) is 0 Å². The Morgan fingerprint density at radius 1 is 1.28 bits per heavy atom. The molecule has 1 aromatic carbocycles. The SMILES string of the molecule is CC(F)(F)F.COCc1ccccc1.C[N+](=O)[O-]. The predicted octanol–water partition coefficient (Wildman–Crippen LogP) is 3.29. The standard InChI is InChI=1S/C8H10O.C2H3F3.CH3NO2/c1-9-7-8-5-3-2-4-6-8;1-2(3,4)5;1-2(3)4/h2-6H,7H2,1H3;1H3;1H3. The molecule has 0 aliphatic heterocycles. The maximum atomic E-state index is 10.4. The van der Waals surface area contributed by atoms with Crippen LogP contribution in [0.1, 0.15) is 12.5 Å². The molecule has 0 aromatic heterocycles. The fraction of sp³-hybridized carbons (Fsp3) is 0.455. The van der Waals surface area contributed by atoms with E-state index in [0.717, 1.165) is 7.05 Å². The molecule has 0 radical (unpaired) electrons. The average Bonchev–Trinajstić information content (AvgIpc) is 2.16. The number of hydrogen-bond acceptors (Lipinski definition) is 3. The van der Waals surface area contributed by atoms with Gasteiger partial charge in [0.15, 0.2) is 7.05 Å². The van der Waals surface area contributed by atoms with Gasteiger partial charge in [0.25, 0.3) is 0 Å². The lowest BCUT2D eigenvalue weighted by atomic mass is 10.2. The lowest BCUT2D eigenvalue weighted by molar-refractivity contribution is -0.445. The normalized spacial score (nSPS) is 9.44. The molecular formula is C11H16F3NO3. The summed E-state index contributed by atoms with van der Waals surface area (Å²) >= 11 is 0. The summed E-state index contributed by atoms with van der Waals surface area (Å²) in [5, 5.41) is 8.81. The monoisotopic (exact) mass is 267 g/mol. The molecular weight excluding hydrogens is 251 g/mol. The molecule has 7 heteroatoms. The number of rotatable bonds is 2. The van der Waals surface area contributed by atoms with Crippen molar-refractivity contribution in [3.63, 3.8) is 0 Å². The van der Waals surface area contributed by atoms with Gasteiger partial charge in [-0.1, -0.05) is 30.3 Å². The first-order valence-corrected chi connectivity index (χ1v) is 4.84. The number of hydrogen-bond donors (Lipinski definition) is 0. The minimum atomic E-state index is -4.00. The van der Waals surface area contributed by atoms with E-state index in [0.29, 0.717) is 6.61 Å². The van der Waals surface area contributed by atoms with Crippen LogP contribution in [-0.4, -0.2) is 25.3 Å².